The van der Waals surface area contributed by atoms with E-state index >= 15 is 0 Å². The molecule has 1 heterocycles. The number of carbonyl (C=O) groups is 1. The minimum Gasteiger partial charge on any atom is -0.495 e. The van der Waals surface area contributed by atoms with Gasteiger partial charge < -0.3 is 10.1 Å². The molecule has 0 fully saturated rings. The number of nitrogens with one attached hydrogen (secondary N) is 1. The minimum absolute atomic E-state index is 0.114. The van der Waals surface area contributed by atoms with Crippen molar-refractivity contribution in [2.45, 2.75) is 11.6 Å². The van der Waals surface area contributed by atoms with Crippen molar-refractivity contribution in [2.24, 2.45) is 0 Å². The van der Waals surface area contributed by atoms with Crippen LogP contribution < -0.4 is 15.6 Å². The highest BCUT2D eigenvalue weighted by Crippen LogP contribution is 2.27. The summed E-state index contributed by atoms with van der Waals surface area (Å²) in [4.78, 5) is 30.6. The van der Waals surface area contributed by atoms with Crippen LogP contribution in [0.25, 0.3) is 16.6 Å². The quantitative estimate of drug-likeness (QED) is 0.297. The number of nitrogens with zero attached hydrogens (tertiary/aromatic N) is 2. The molecular weight excluding hydrogens is 458 g/mol. The van der Waals surface area contributed by atoms with E-state index < -0.39 is 0 Å². The average Bonchev–Trinajstić information content (AvgIpc) is 2.83. The Hall–Kier alpha value is -3.29. The van der Waals surface area contributed by atoms with Crippen molar-refractivity contribution in [3.63, 3.8) is 0 Å². The molecule has 0 unspecified atom stereocenters. The number of benzene rings is 3. The number of methoxy groups -OCH3 is 1. The number of hydrogen-bond acceptors (Lipinski definition) is 5. The topological polar surface area (TPSA) is 73.2 Å². The van der Waals surface area contributed by atoms with Gasteiger partial charge in [0.2, 0.25) is 5.91 Å². The van der Waals surface area contributed by atoms with Gasteiger partial charge in [0, 0.05) is 11.6 Å². The third-order valence-electron chi connectivity index (χ3n) is 5.04. The maximum absolute atomic E-state index is 13.4. The van der Waals surface area contributed by atoms with Gasteiger partial charge in [0.15, 0.2) is 5.16 Å². The van der Waals surface area contributed by atoms with Gasteiger partial charge in [-0.3, -0.25) is 14.2 Å². The first-order valence-electron chi connectivity index (χ1n) is 10.4. The largest absolute Gasteiger partial charge is 0.495 e. The Morgan fingerprint density at radius 3 is 2.64 bits per heavy atom. The Balaban J connectivity index is 1.60. The lowest BCUT2D eigenvalue weighted by molar-refractivity contribution is -0.118. The fraction of sp³-hybridized carbons (Fsp3) is 0.160. The highest BCUT2D eigenvalue weighted by atomic mass is 35.5. The molecule has 0 saturated carbocycles. The van der Waals surface area contributed by atoms with Crippen LogP contribution in [0, 0.1) is 0 Å². The predicted octanol–water partition coefficient (Wildman–Crippen LogP) is 4.50. The second kappa shape index (κ2) is 10.6. The molecular formula is C25H22ClN3O3S. The van der Waals surface area contributed by atoms with Crippen LogP contribution in [0.1, 0.15) is 5.56 Å². The second-order valence-electron chi connectivity index (χ2n) is 7.24. The lowest BCUT2D eigenvalue weighted by atomic mass is 10.1. The Labute approximate surface area is 200 Å². The zero-order chi connectivity index (χ0) is 23.2. The number of halogens is 1. The van der Waals surface area contributed by atoms with Gasteiger partial charge in [-0.2, -0.15) is 0 Å². The van der Waals surface area contributed by atoms with Crippen LogP contribution in [0.2, 0.25) is 5.02 Å². The molecule has 1 amide bonds. The van der Waals surface area contributed by atoms with Crippen LogP contribution in [-0.2, 0) is 11.2 Å². The monoisotopic (exact) mass is 479 g/mol. The number of fused-ring (bicyclic) bond motifs is 1. The Kier molecular flexibility index (Phi) is 7.32. The fourth-order valence-corrected chi connectivity index (χ4v) is 4.44. The number of aromatic nitrogens is 2. The molecule has 1 aromatic heterocycles. The third-order valence-corrected chi connectivity index (χ3v) is 6.21. The number of para-hydroxylation sites is 2. The van der Waals surface area contributed by atoms with E-state index in [4.69, 9.17) is 16.3 Å². The summed E-state index contributed by atoms with van der Waals surface area (Å²) in [6.07, 6.45) is 0.746. The molecule has 4 aromatic rings. The smallest absolute Gasteiger partial charge is 0.266 e. The van der Waals surface area contributed by atoms with Gasteiger partial charge in [-0.15, -0.1) is 0 Å². The van der Waals surface area contributed by atoms with E-state index in [2.05, 4.69) is 10.3 Å². The van der Waals surface area contributed by atoms with E-state index in [9.17, 15) is 9.59 Å². The van der Waals surface area contributed by atoms with Gasteiger partial charge in [-0.25, -0.2) is 4.98 Å². The van der Waals surface area contributed by atoms with Crippen molar-refractivity contribution in [2.75, 3.05) is 19.4 Å². The molecule has 0 bridgehead atoms. The fourth-order valence-electron chi connectivity index (χ4n) is 3.43. The first-order chi connectivity index (χ1) is 16.1. The van der Waals surface area contributed by atoms with E-state index in [0.29, 0.717) is 39.1 Å². The average molecular weight is 480 g/mol. The van der Waals surface area contributed by atoms with Crippen LogP contribution in [-0.4, -0.2) is 34.9 Å². The Morgan fingerprint density at radius 2 is 1.85 bits per heavy atom. The van der Waals surface area contributed by atoms with Crippen LogP contribution in [0.4, 0.5) is 0 Å². The molecule has 0 aliphatic carbocycles. The molecule has 0 atom stereocenters. The van der Waals surface area contributed by atoms with E-state index in [1.165, 1.54) is 16.3 Å². The SMILES string of the molecule is COc1ccccc1-n1c(SCC(=O)NCCc2ccccc2)nc2cc(Cl)ccc2c1=O. The molecule has 8 heteroatoms. The van der Waals surface area contributed by atoms with Crippen molar-refractivity contribution in [1.29, 1.82) is 0 Å². The summed E-state index contributed by atoms with van der Waals surface area (Å²) >= 11 is 7.31. The van der Waals surface area contributed by atoms with Crippen molar-refractivity contribution in [3.05, 3.63) is 93.7 Å². The summed E-state index contributed by atoms with van der Waals surface area (Å²) < 4.78 is 6.95. The molecule has 0 radical (unpaired) electrons. The van der Waals surface area contributed by atoms with Gasteiger partial charge in [0.05, 0.1) is 29.5 Å². The molecule has 0 aliphatic rings. The number of amides is 1. The van der Waals surface area contributed by atoms with E-state index in [1.54, 1.807) is 37.4 Å². The van der Waals surface area contributed by atoms with Crippen LogP contribution >= 0.6 is 23.4 Å². The molecule has 1 N–H and O–H groups in total. The zero-order valence-electron chi connectivity index (χ0n) is 18.0. The lowest BCUT2D eigenvalue weighted by Gasteiger charge is -2.15. The molecule has 0 spiro atoms. The molecule has 3 aromatic carbocycles. The maximum atomic E-state index is 13.4. The summed E-state index contributed by atoms with van der Waals surface area (Å²) in [5.41, 5.74) is 1.93. The molecule has 0 aliphatic heterocycles. The minimum atomic E-state index is -0.256. The summed E-state index contributed by atoms with van der Waals surface area (Å²) in [6, 6.07) is 22.1. The Bertz CT molecular complexity index is 1340. The predicted molar refractivity (Wildman–Crippen MR) is 133 cm³/mol. The number of ether oxygens (including phenoxy) is 1. The van der Waals surface area contributed by atoms with Gasteiger partial charge in [-0.05, 0) is 42.3 Å². The van der Waals surface area contributed by atoms with Gasteiger partial charge >= 0.3 is 0 Å². The standard InChI is InChI=1S/C25H22ClN3O3S/c1-32-22-10-6-5-9-21(22)29-24(31)19-12-11-18(26)15-20(19)28-25(29)33-16-23(30)27-14-13-17-7-3-2-4-8-17/h2-12,15H,13-14,16H2,1H3,(H,27,30). The highest BCUT2D eigenvalue weighted by Gasteiger charge is 2.17. The number of thioether (sulfide) groups is 1. The molecule has 4 rings (SSSR count). The number of rotatable bonds is 8. The highest BCUT2D eigenvalue weighted by molar-refractivity contribution is 7.99. The van der Waals surface area contributed by atoms with Crippen LogP contribution in [0.5, 0.6) is 5.75 Å². The lowest BCUT2D eigenvalue weighted by Crippen LogP contribution is -2.28. The molecule has 0 saturated heterocycles. The summed E-state index contributed by atoms with van der Waals surface area (Å²) in [5, 5.41) is 4.23. The van der Waals surface area contributed by atoms with Crippen molar-refractivity contribution < 1.29 is 9.53 Å². The van der Waals surface area contributed by atoms with Crippen LogP contribution in [0.3, 0.4) is 0 Å². The van der Waals surface area contributed by atoms with Crippen molar-refractivity contribution in [3.8, 4) is 11.4 Å². The first-order valence-corrected chi connectivity index (χ1v) is 11.7. The maximum Gasteiger partial charge on any atom is 0.266 e. The molecule has 6 nitrogen and oxygen atoms in total. The van der Waals surface area contributed by atoms with Crippen molar-refractivity contribution in [1.82, 2.24) is 14.9 Å². The first kappa shape index (κ1) is 22.9. The van der Waals surface area contributed by atoms with Crippen LogP contribution in [0.15, 0.2) is 82.7 Å². The van der Waals surface area contributed by atoms with E-state index in [0.717, 1.165) is 12.0 Å². The second-order valence-corrected chi connectivity index (χ2v) is 8.62. The number of carbonyl (C=O) groups excluding carboxylic acids is 1. The van der Waals surface area contributed by atoms with Gasteiger partial charge in [0.1, 0.15) is 5.75 Å². The van der Waals surface area contributed by atoms with Crippen molar-refractivity contribution >= 4 is 40.2 Å². The molecule has 168 valence electrons. The zero-order valence-corrected chi connectivity index (χ0v) is 19.5. The van der Waals surface area contributed by atoms with E-state index in [1.807, 2.05) is 42.5 Å². The number of hydrogen-bond donors (Lipinski definition) is 1. The molecule has 33 heavy (non-hydrogen) atoms. The summed E-state index contributed by atoms with van der Waals surface area (Å²) in [5.74, 6) is 0.509. The summed E-state index contributed by atoms with van der Waals surface area (Å²) in [7, 11) is 1.55. The Morgan fingerprint density at radius 1 is 1.09 bits per heavy atom. The summed E-state index contributed by atoms with van der Waals surface area (Å²) in [6.45, 7) is 0.531. The normalized spacial score (nSPS) is 10.8. The van der Waals surface area contributed by atoms with Gasteiger partial charge in [-0.1, -0.05) is 65.8 Å². The van der Waals surface area contributed by atoms with E-state index in [-0.39, 0.29) is 17.2 Å². The van der Waals surface area contributed by atoms with Gasteiger partial charge in [0.25, 0.3) is 5.56 Å². The third kappa shape index (κ3) is 5.38.